The van der Waals surface area contributed by atoms with Crippen LogP contribution in [0.25, 0.3) is 0 Å². The number of hydrogen-bond donors (Lipinski definition) is 0. The summed E-state index contributed by atoms with van der Waals surface area (Å²) in [7, 11) is 0. The van der Waals surface area contributed by atoms with E-state index in [1.165, 1.54) is 0 Å². The van der Waals surface area contributed by atoms with Gasteiger partial charge in [-0.3, -0.25) is 0 Å². The Balaban J connectivity index is 3.21. The Morgan fingerprint density at radius 3 is 1.92 bits per heavy atom. The lowest BCUT2D eigenvalue weighted by atomic mass is 9.58. The summed E-state index contributed by atoms with van der Waals surface area (Å²) in [4.78, 5) is 0. The first kappa shape index (κ1) is 20.0. The Bertz CT molecular complexity index is 667. The average Bonchev–Trinajstić information content (AvgIpc) is 2.45. The number of nitrogens with zero attached hydrogens (tertiary/aromatic N) is 2. The lowest BCUT2D eigenvalue weighted by molar-refractivity contribution is -0.0800. The summed E-state index contributed by atoms with van der Waals surface area (Å²) in [5, 5.41) is 18.3. The van der Waals surface area contributed by atoms with Gasteiger partial charge in [0.1, 0.15) is 23.5 Å². The summed E-state index contributed by atoms with van der Waals surface area (Å²) in [6, 6.07) is 9.19. The molecule has 1 rings (SSSR count). The number of ether oxygens (including phenoxy) is 1. The van der Waals surface area contributed by atoms with Crippen LogP contribution in [-0.4, -0.2) is 5.60 Å². The second-order valence-electron chi connectivity index (χ2n) is 8.59. The minimum Gasteiger partial charge on any atom is -0.487 e. The van der Waals surface area contributed by atoms with Crippen LogP contribution in [0.4, 0.5) is 0 Å². The van der Waals surface area contributed by atoms with Crippen molar-refractivity contribution in [3.8, 4) is 17.9 Å². The van der Waals surface area contributed by atoms with E-state index in [0.29, 0.717) is 22.8 Å². The third kappa shape index (κ3) is 3.90. The van der Waals surface area contributed by atoms with E-state index in [-0.39, 0.29) is 10.8 Å². The van der Waals surface area contributed by atoms with E-state index in [1.807, 2.05) is 6.07 Å². The summed E-state index contributed by atoms with van der Waals surface area (Å²) in [5.41, 5.74) is 0.388. The van der Waals surface area contributed by atoms with Gasteiger partial charge in [0.05, 0.1) is 11.1 Å². The highest BCUT2D eigenvalue weighted by molar-refractivity contribution is 5.49. The van der Waals surface area contributed by atoms with Gasteiger partial charge in [0.15, 0.2) is 0 Å². The lowest BCUT2D eigenvalue weighted by Gasteiger charge is -2.51. The highest BCUT2D eigenvalue weighted by Crippen LogP contribution is 2.49. The molecule has 130 valence electrons. The van der Waals surface area contributed by atoms with Crippen molar-refractivity contribution in [1.29, 1.82) is 10.5 Å². The highest BCUT2D eigenvalue weighted by Gasteiger charge is 2.48. The van der Waals surface area contributed by atoms with Crippen LogP contribution in [0.3, 0.4) is 0 Å². The van der Waals surface area contributed by atoms with Gasteiger partial charge in [-0.2, -0.15) is 10.5 Å². The molecule has 1 aromatic carbocycles. The molecule has 0 aliphatic rings. The highest BCUT2D eigenvalue weighted by atomic mass is 16.5. The van der Waals surface area contributed by atoms with E-state index in [1.54, 1.807) is 18.2 Å². The van der Waals surface area contributed by atoms with Crippen molar-refractivity contribution in [1.82, 2.24) is 0 Å². The fourth-order valence-corrected chi connectivity index (χ4v) is 3.83. The predicted molar refractivity (Wildman–Crippen MR) is 97.6 cm³/mol. The third-order valence-electron chi connectivity index (χ3n) is 5.48. The molecule has 24 heavy (non-hydrogen) atoms. The SMILES string of the molecule is CCC(C(C)(C)C)C(C)(C)C(C)(C)Oc1ccc(C#N)c(C#N)c1. The van der Waals surface area contributed by atoms with Gasteiger partial charge in [0.2, 0.25) is 0 Å². The van der Waals surface area contributed by atoms with Gasteiger partial charge in [-0.1, -0.05) is 48.0 Å². The first-order valence-corrected chi connectivity index (χ1v) is 8.54. The second kappa shape index (κ2) is 6.86. The van der Waals surface area contributed by atoms with Crippen molar-refractivity contribution in [2.45, 2.75) is 67.4 Å². The standard InChI is InChI=1S/C21H30N2O/c1-9-18(19(2,3)4)20(5,6)21(7,8)24-17-11-10-15(13-22)16(12-17)14-23/h10-12,18H,9H2,1-8H3. The Morgan fingerprint density at radius 1 is 0.958 bits per heavy atom. The van der Waals surface area contributed by atoms with Crippen LogP contribution in [0.15, 0.2) is 18.2 Å². The quantitative estimate of drug-likeness (QED) is 0.698. The fourth-order valence-electron chi connectivity index (χ4n) is 3.83. The summed E-state index contributed by atoms with van der Waals surface area (Å²) in [6.07, 6.45) is 1.07. The van der Waals surface area contributed by atoms with E-state index < -0.39 is 5.60 Å². The van der Waals surface area contributed by atoms with Crippen LogP contribution >= 0.6 is 0 Å². The second-order valence-corrected chi connectivity index (χ2v) is 8.59. The molecule has 0 aliphatic carbocycles. The number of rotatable bonds is 5. The minimum atomic E-state index is -0.429. The molecule has 0 spiro atoms. The van der Waals surface area contributed by atoms with Crippen molar-refractivity contribution in [3.05, 3.63) is 29.3 Å². The normalized spacial score (nSPS) is 13.8. The van der Waals surface area contributed by atoms with E-state index >= 15 is 0 Å². The third-order valence-corrected chi connectivity index (χ3v) is 5.48. The molecule has 3 heteroatoms. The molecule has 0 aromatic heterocycles. The molecule has 0 fully saturated rings. The predicted octanol–water partition coefficient (Wildman–Crippen LogP) is 5.69. The monoisotopic (exact) mass is 326 g/mol. The first-order valence-electron chi connectivity index (χ1n) is 8.54. The first-order chi connectivity index (χ1) is 10.9. The van der Waals surface area contributed by atoms with Crippen molar-refractivity contribution >= 4 is 0 Å². The fraction of sp³-hybridized carbons (Fsp3) is 0.619. The molecule has 3 nitrogen and oxygen atoms in total. The maximum Gasteiger partial charge on any atom is 0.121 e. The lowest BCUT2D eigenvalue weighted by Crippen LogP contribution is -2.52. The smallest absolute Gasteiger partial charge is 0.121 e. The molecule has 0 bridgehead atoms. The summed E-state index contributed by atoms with van der Waals surface area (Å²) in [6.45, 7) is 17.8. The average molecular weight is 326 g/mol. The molecule has 1 aromatic rings. The molecule has 1 unspecified atom stereocenters. The van der Waals surface area contributed by atoms with Gasteiger partial charge in [-0.05, 0) is 43.4 Å². The minimum absolute atomic E-state index is 0.0826. The van der Waals surface area contributed by atoms with Gasteiger partial charge in [0, 0.05) is 5.41 Å². The van der Waals surface area contributed by atoms with Crippen LogP contribution in [0.2, 0.25) is 0 Å². The molecule has 0 aliphatic heterocycles. The molecule has 0 saturated carbocycles. The van der Waals surface area contributed by atoms with Crippen molar-refractivity contribution in [2.24, 2.45) is 16.7 Å². The summed E-state index contributed by atoms with van der Waals surface area (Å²) < 4.78 is 6.33. The van der Waals surface area contributed by atoms with Crippen LogP contribution < -0.4 is 4.74 Å². The molecule has 0 saturated heterocycles. The van der Waals surface area contributed by atoms with Crippen molar-refractivity contribution < 1.29 is 4.74 Å². The van der Waals surface area contributed by atoms with Gasteiger partial charge in [-0.15, -0.1) is 0 Å². The van der Waals surface area contributed by atoms with E-state index in [9.17, 15) is 5.26 Å². The van der Waals surface area contributed by atoms with Crippen LogP contribution in [0.5, 0.6) is 5.75 Å². The molecule has 0 N–H and O–H groups in total. The Kier molecular flexibility index (Phi) is 5.73. The van der Waals surface area contributed by atoms with Crippen molar-refractivity contribution in [3.63, 3.8) is 0 Å². The van der Waals surface area contributed by atoms with Gasteiger partial charge >= 0.3 is 0 Å². The van der Waals surface area contributed by atoms with Crippen molar-refractivity contribution in [2.75, 3.05) is 0 Å². The maximum atomic E-state index is 9.21. The number of hydrogen-bond acceptors (Lipinski definition) is 3. The zero-order valence-corrected chi connectivity index (χ0v) is 16.3. The molecular weight excluding hydrogens is 296 g/mol. The van der Waals surface area contributed by atoms with E-state index in [4.69, 9.17) is 10.00 Å². The number of benzene rings is 1. The molecular formula is C21H30N2O. The molecule has 1 atom stereocenters. The zero-order valence-electron chi connectivity index (χ0n) is 16.3. The number of nitriles is 2. The topological polar surface area (TPSA) is 56.8 Å². The Hall–Kier alpha value is -2.00. The molecule has 0 amide bonds. The maximum absolute atomic E-state index is 9.21. The van der Waals surface area contributed by atoms with E-state index in [0.717, 1.165) is 6.42 Å². The largest absolute Gasteiger partial charge is 0.487 e. The summed E-state index contributed by atoms with van der Waals surface area (Å²) in [5.74, 6) is 1.10. The molecule has 0 radical (unpaired) electrons. The van der Waals surface area contributed by atoms with Gasteiger partial charge in [0.25, 0.3) is 0 Å². The zero-order chi connectivity index (χ0) is 18.8. The van der Waals surface area contributed by atoms with Crippen LogP contribution in [0, 0.1) is 39.4 Å². The Labute approximate surface area is 147 Å². The molecule has 0 heterocycles. The van der Waals surface area contributed by atoms with Crippen LogP contribution in [-0.2, 0) is 0 Å². The summed E-state index contributed by atoms with van der Waals surface area (Å²) >= 11 is 0. The Morgan fingerprint density at radius 2 is 1.50 bits per heavy atom. The van der Waals surface area contributed by atoms with Gasteiger partial charge < -0.3 is 4.74 Å². The van der Waals surface area contributed by atoms with E-state index in [2.05, 4.69) is 61.5 Å². The van der Waals surface area contributed by atoms with Crippen LogP contribution in [0.1, 0.15) is 72.9 Å². The van der Waals surface area contributed by atoms with Gasteiger partial charge in [-0.25, -0.2) is 0 Å².